The summed E-state index contributed by atoms with van der Waals surface area (Å²) in [6.45, 7) is 3.88. The number of nitro groups is 1. The van der Waals surface area contributed by atoms with Gasteiger partial charge in [-0.3, -0.25) is 15.1 Å². The topological polar surface area (TPSA) is 82.0 Å². The Kier molecular flexibility index (Phi) is 3.74. The van der Waals surface area contributed by atoms with Gasteiger partial charge >= 0.3 is 0 Å². The molecule has 5 nitrogen and oxygen atoms in total. The van der Waals surface area contributed by atoms with E-state index in [0.29, 0.717) is 5.69 Å². The summed E-state index contributed by atoms with van der Waals surface area (Å²) >= 11 is 0. The maximum atomic E-state index is 10.6. The lowest BCUT2D eigenvalue weighted by atomic mass is 9.94. The second-order valence-electron chi connectivity index (χ2n) is 3.57. The Morgan fingerprint density at radius 2 is 2.33 bits per heavy atom. The molecule has 2 unspecified atom stereocenters. The van der Waals surface area contributed by atoms with E-state index in [1.807, 2.05) is 13.8 Å². The minimum atomic E-state index is -0.418. The zero-order chi connectivity index (χ0) is 11.4. The van der Waals surface area contributed by atoms with Crippen molar-refractivity contribution in [2.24, 2.45) is 5.73 Å². The van der Waals surface area contributed by atoms with Crippen LogP contribution in [0.5, 0.6) is 0 Å². The molecule has 0 amide bonds. The van der Waals surface area contributed by atoms with Gasteiger partial charge in [-0.2, -0.15) is 0 Å². The van der Waals surface area contributed by atoms with Crippen molar-refractivity contribution in [1.29, 1.82) is 0 Å². The van der Waals surface area contributed by atoms with Crippen LogP contribution in [-0.4, -0.2) is 15.9 Å². The van der Waals surface area contributed by atoms with Gasteiger partial charge in [0, 0.05) is 30.3 Å². The summed E-state index contributed by atoms with van der Waals surface area (Å²) in [6, 6.07) is 2.83. The van der Waals surface area contributed by atoms with E-state index >= 15 is 0 Å². The molecule has 0 fully saturated rings. The van der Waals surface area contributed by atoms with Crippen LogP contribution in [-0.2, 0) is 0 Å². The molecule has 0 aliphatic carbocycles. The van der Waals surface area contributed by atoms with Gasteiger partial charge in [-0.1, -0.05) is 6.92 Å². The highest BCUT2D eigenvalue weighted by molar-refractivity contribution is 5.31. The van der Waals surface area contributed by atoms with Crippen LogP contribution in [0.4, 0.5) is 5.69 Å². The predicted octanol–water partition coefficient (Wildman–Crippen LogP) is 1.83. The molecule has 0 aliphatic rings. The van der Waals surface area contributed by atoms with Gasteiger partial charge in [0.2, 0.25) is 0 Å². The number of pyridine rings is 1. The minimum absolute atomic E-state index is 0.0514. The fraction of sp³-hybridized carbons (Fsp3) is 0.500. The quantitative estimate of drug-likeness (QED) is 0.605. The van der Waals surface area contributed by atoms with E-state index in [9.17, 15) is 10.1 Å². The molecule has 2 N–H and O–H groups in total. The minimum Gasteiger partial charge on any atom is -0.327 e. The Morgan fingerprint density at radius 1 is 1.67 bits per heavy atom. The molecule has 1 rings (SSSR count). The average Bonchev–Trinajstić information content (AvgIpc) is 2.18. The van der Waals surface area contributed by atoms with Crippen molar-refractivity contribution in [3.8, 4) is 0 Å². The Hall–Kier alpha value is -1.49. The SMILES string of the molecule is CCC(c1cc([N+](=O)[O-])ccn1)C(C)N. The number of nitrogens with two attached hydrogens (primary N) is 1. The summed E-state index contributed by atoms with van der Waals surface area (Å²) in [5.41, 5.74) is 6.56. The first-order valence-electron chi connectivity index (χ1n) is 4.92. The molecule has 0 saturated carbocycles. The second-order valence-corrected chi connectivity index (χ2v) is 3.57. The molecule has 2 atom stereocenters. The molecule has 0 radical (unpaired) electrons. The van der Waals surface area contributed by atoms with Crippen LogP contribution in [0.25, 0.3) is 0 Å². The first kappa shape index (κ1) is 11.6. The van der Waals surface area contributed by atoms with Crippen LogP contribution >= 0.6 is 0 Å². The molecule has 5 heteroatoms. The lowest BCUT2D eigenvalue weighted by molar-refractivity contribution is -0.385. The van der Waals surface area contributed by atoms with E-state index in [1.165, 1.54) is 18.3 Å². The molecular formula is C10H15N3O2. The molecular weight excluding hydrogens is 194 g/mol. The monoisotopic (exact) mass is 209 g/mol. The maximum Gasteiger partial charge on any atom is 0.272 e. The molecule has 0 aromatic carbocycles. The molecule has 1 aromatic rings. The van der Waals surface area contributed by atoms with Gasteiger partial charge in [-0.15, -0.1) is 0 Å². The van der Waals surface area contributed by atoms with Crippen molar-refractivity contribution in [3.05, 3.63) is 34.1 Å². The molecule has 0 saturated heterocycles. The highest BCUT2D eigenvalue weighted by Crippen LogP contribution is 2.23. The van der Waals surface area contributed by atoms with Crippen molar-refractivity contribution in [1.82, 2.24) is 4.98 Å². The molecule has 0 aliphatic heterocycles. The summed E-state index contributed by atoms with van der Waals surface area (Å²) in [7, 11) is 0. The smallest absolute Gasteiger partial charge is 0.272 e. The second kappa shape index (κ2) is 4.84. The van der Waals surface area contributed by atoms with Gasteiger partial charge < -0.3 is 5.73 Å². The third-order valence-corrected chi connectivity index (χ3v) is 2.43. The number of hydrogen-bond acceptors (Lipinski definition) is 4. The summed E-state index contributed by atoms with van der Waals surface area (Å²) in [6.07, 6.45) is 2.28. The molecule has 0 bridgehead atoms. The number of rotatable bonds is 4. The van der Waals surface area contributed by atoms with Gasteiger partial charge in [0.05, 0.1) is 10.6 Å². The van der Waals surface area contributed by atoms with E-state index < -0.39 is 4.92 Å². The van der Waals surface area contributed by atoms with Crippen LogP contribution in [0.1, 0.15) is 31.9 Å². The lowest BCUT2D eigenvalue weighted by Gasteiger charge is -2.17. The molecule has 1 aromatic heterocycles. The molecule has 0 spiro atoms. The Balaban J connectivity index is 3.03. The van der Waals surface area contributed by atoms with Crippen LogP contribution in [0.15, 0.2) is 18.3 Å². The summed E-state index contributed by atoms with van der Waals surface area (Å²) in [5.74, 6) is 0.0740. The van der Waals surface area contributed by atoms with E-state index in [1.54, 1.807) is 0 Å². The highest BCUT2D eigenvalue weighted by atomic mass is 16.6. The standard InChI is InChI=1S/C10H15N3O2/c1-3-9(7(2)11)10-6-8(13(14)15)4-5-12-10/h4-7,9H,3,11H2,1-2H3. The summed E-state index contributed by atoms with van der Waals surface area (Å²) in [4.78, 5) is 14.3. The maximum absolute atomic E-state index is 10.6. The summed E-state index contributed by atoms with van der Waals surface area (Å²) in [5, 5.41) is 10.6. The van der Waals surface area contributed by atoms with E-state index in [4.69, 9.17) is 5.73 Å². The fourth-order valence-corrected chi connectivity index (χ4v) is 1.60. The zero-order valence-electron chi connectivity index (χ0n) is 8.88. The largest absolute Gasteiger partial charge is 0.327 e. The number of hydrogen-bond donors (Lipinski definition) is 1. The third kappa shape index (κ3) is 2.73. The van der Waals surface area contributed by atoms with E-state index in [-0.39, 0.29) is 17.6 Å². The van der Waals surface area contributed by atoms with Gasteiger partial charge in [0.25, 0.3) is 5.69 Å². The fourth-order valence-electron chi connectivity index (χ4n) is 1.60. The van der Waals surface area contributed by atoms with Crippen molar-refractivity contribution < 1.29 is 4.92 Å². The van der Waals surface area contributed by atoms with Crippen molar-refractivity contribution in [2.75, 3.05) is 0 Å². The lowest BCUT2D eigenvalue weighted by Crippen LogP contribution is -2.25. The van der Waals surface area contributed by atoms with Crippen molar-refractivity contribution in [3.63, 3.8) is 0 Å². The molecule has 1 heterocycles. The van der Waals surface area contributed by atoms with Crippen molar-refractivity contribution >= 4 is 5.69 Å². The van der Waals surface area contributed by atoms with E-state index in [2.05, 4.69) is 4.98 Å². The van der Waals surface area contributed by atoms with Crippen molar-refractivity contribution in [2.45, 2.75) is 32.2 Å². The first-order chi connectivity index (χ1) is 7.06. The number of nitrogens with zero attached hydrogens (tertiary/aromatic N) is 2. The highest BCUT2D eigenvalue weighted by Gasteiger charge is 2.18. The zero-order valence-corrected chi connectivity index (χ0v) is 8.88. The van der Waals surface area contributed by atoms with Crippen LogP contribution in [0, 0.1) is 10.1 Å². The van der Waals surface area contributed by atoms with Crippen LogP contribution < -0.4 is 5.73 Å². The molecule has 15 heavy (non-hydrogen) atoms. The summed E-state index contributed by atoms with van der Waals surface area (Å²) < 4.78 is 0. The van der Waals surface area contributed by atoms with Gasteiger partial charge in [-0.05, 0) is 13.3 Å². The third-order valence-electron chi connectivity index (χ3n) is 2.43. The van der Waals surface area contributed by atoms with Crippen LogP contribution in [0.2, 0.25) is 0 Å². The Bertz CT molecular complexity index is 352. The number of aromatic nitrogens is 1. The average molecular weight is 209 g/mol. The van der Waals surface area contributed by atoms with Gasteiger partial charge in [0.1, 0.15) is 0 Å². The first-order valence-corrected chi connectivity index (χ1v) is 4.92. The Labute approximate surface area is 88.5 Å². The Morgan fingerprint density at radius 3 is 2.80 bits per heavy atom. The van der Waals surface area contributed by atoms with Gasteiger partial charge in [-0.25, -0.2) is 0 Å². The normalized spacial score (nSPS) is 14.6. The van der Waals surface area contributed by atoms with E-state index in [0.717, 1.165) is 6.42 Å². The van der Waals surface area contributed by atoms with Crippen LogP contribution in [0.3, 0.4) is 0 Å². The van der Waals surface area contributed by atoms with Gasteiger partial charge in [0.15, 0.2) is 0 Å². The molecule has 82 valence electrons. The predicted molar refractivity (Wildman–Crippen MR) is 57.6 cm³/mol.